The van der Waals surface area contributed by atoms with Crippen LogP contribution in [-0.4, -0.2) is 9.78 Å². The van der Waals surface area contributed by atoms with Crippen molar-refractivity contribution in [1.29, 1.82) is 0 Å². The molecule has 1 aromatic heterocycles. The molecule has 0 aliphatic rings. The summed E-state index contributed by atoms with van der Waals surface area (Å²) >= 11 is 0. The molecule has 1 aromatic rings. The Kier molecular flexibility index (Phi) is 6.78. The van der Waals surface area contributed by atoms with E-state index in [0.717, 1.165) is 18.3 Å². The Morgan fingerprint density at radius 2 is 1.75 bits per heavy atom. The molecule has 0 saturated carbocycles. The van der Waals surface area contributed by atoms with Gasteiger partial charge in [-0.25, -0.2) is 0 Å². The Bertz CT molecular complexity index is 377. The van der Waals surface area contributed by atoms with E-state index in [2.05, 4.69) is 45.8 Å². The zero-order valence-corrected chi connectivity index (χ0v) is 14.4. The molecular weight excluding hydrogens is 244 g/mol. The topological polar surface area (TPSA) is 17.8 Å². The highest BCUT2D eigenvalue weighted by Gasteiger charge is 2.19. The molecule has 2 heteroatoms. The molecule has 0 amide bonds. The Labute approximate surface area is 126 Å². The summed E-state index contributed by atoms with van der Waals surface area (Å²) in [6, 6.07) is 2.14. The van der Waals surface area contributed by atoms with Crippen molar-refractivity contribution < 1.29 is 0 Å². The molecule has 2 nitrogen and oxygen atoms in total. The maximum absolute atomic E-state index is 4.24. The lowest BCUT2D eigenvalue weighted by molar-refractivity contribution is 0.254. The Morgan fingerprint density at radius 1 is 1.10 bits per heavy atom. The molecular formula is C18H34N2. The first-order valence-corrected chi connectivity index (χ1v) is 8.27. The van der Waals surface area contributed by atoms with Gasteiger partial charge in [-0.1, -0.05) is 47.5 Å². The lowest BCUT2D eigenvalue weighted by Gasteiger charge is -2.27. The quantitative estimate of drug-likeness (QED) is 0.604. The van der Waals surface area contributed by atoms with Crippen LogP contribution in [0.15, 0.2) is 12.3 Å². The minimum atomic E-state index is 0.505. The van der Waals surface area contributed by atoms with Crippen LogP contribution < -0.4 is 0 Å². The fraction of sp³-hybridized carbons (Fsp3) is 0.833. The first kappa shape index (κ1) is 17.3. The Hall–Kier alpha value is -0.790. The summed E-state index contributed by atoms with van der Waals surface area (Å²) in [6.07, 6.45) is 9.75. The first-order valence-electron chi connectivity index (χ1n) is 8.27. The maximum Gasteiger partial charge on any atom is 0.0492 e. The molecule has 0 aliphatic heterocycles. The molecule has 1 atom stereocenters. The van der Waals surface area contributed by atoms with Crippen molar-refractivity contribution >= 4 is 0 Å². The van der Waals surface area contributed by atoms with Crippen LogP contribution in [0.25, 0.3) is 0 Å². The van der Waals surface area contributed by atoms with Crippen LogP contribution in [0.3, 0.4) is 0 Å². The van der Waals surface area contributed by atoms with Gasteiger partial charge in [0.15, 0.2) is 0 Å². The van der Waals surface area contributed by atoms with Gasteiger partial charge in [-0.05, 0) is 49.0 Å². The second kappa shape index (κ2) is 7.85. The van der Waals surface area contributed by atoms with Crippen molar-refractivity contribution in [3.63, 3.8) is 0 Å². The van der Waals surface area contributed by atoms with Crippen molar-refractivity contribution in [2.45, 2.75) is 73.1 Å². The van der Waals surface area contributed by atoms with Gasteiger partial charge in [0, 0.05) is 18.9 Å². The molecule has 0 saturated heterocycles. The van der Waals surface area contributed by atoms with E-state index in [4.69, 9.17) is 0 Å². The first-order chi connectivity index (χ1) is 9.30. The van der Waals surface area contributed by atoms with Gasteiger partial charge >= 0.3 is 0 Å². The van der Waals surface area contributed by atoms with E-state index in [1.807, 2.05) is 17.9 Å². The van der Waals surface area contributed by atoms with Gasteiger partial charge in [0.2, 0.25) is 0 Å². The molecule has 1 unspecified atom stereocenters. The number of hydrogen-bond donors (Lipinski definition) is 0. The van der Waals surface area contributed by atoms with Gasteiger partial charge in [-0.15, -0.1) is 0 Å². The van der Waals surface area contributed by atoms with Crippen LogP contribution in [-0.2, 0) is 13.5 Å². The van der Waals surface area contributed by atoms with Crippen molar-refractivity contribution in [2.24, 2.45) is 24.3 Å². The highest BCUT2D eigenvalue weighted by molar-refractivity contribution is 4.99. The molecule has 0 bridgehead atoms. The number of rotatable bonds is 9. The molecule has 1 heterocycles. The fourth-order valence-corrected chi connectivity index (χ4v) is 2.63. The van der Waals surface area contributed by atoms with E-state index in [1.54, 1.807) is 0 Å². The number of aryl methyl sites for hydroxylation is 2. The standard InChI is InChI=1S/C18H34N2/c1-15(2)9-12-18(4,5)13-10-16(3)7-8-17-11-14-19-20(17)6/h11,14-16H,7-10,12-13H2,1-6H3. The molecule has 20 heavy (non-hydrogen) atoms. The number of aromatic nitrogens is 2. The molecule has 0 aromatic carbocycles. The average Bonchev–Trinajstić information content (AvgIpc) is 2.77. The molecule has 116 valence electrons. The van der Waals surface area contributed by atoms with E-state index in [-0.39, 0.29) is 0 Å². The summed E-state index contributed by atoms with van der Waals surface area (Å²) in [4.78, 5) is 0. The second-order valence-electron chi connectivity index (χ2n) is 7.73. The SMILES string of the molecule is CC(C)CCC(C)(C)CCC(C)CCc1ccnn1C. The third kappa shape index (κ3) is 6.58. The number of nitrogens with zero attached hydrogens (tertiary/aromatic N) is 2. The van der Waals surface area contributed by atoms with Crippen LogP contribution in [0.4, 0.5) is 0 Å². The molecule has 0 N–H and O–H groups in total. The molecule has 0 aliphatic carbocycles. The van der Waals surface area contributed by atoms with Crippen molar-refractivity contribution in [3.8, 4) is 0 Å². The second-order valence-corrected chi connectivity index (χ2v) is 7.73. The molecule has 0 radical (unpaired) electrons. The predicted molar refractivity (Wildman–Crippen MR) is 87.8 cm³/mol. The maximum atomic E-state index is 4.24. The molecule has 0 fully saturated rings. The fourth-order valence-electron chi connectivity index (χ4n) is 2.63. The van der Waals surface area contributed by atoms with Crippen LogP contribution in [0.2, 0.25) is 0 Å². The minimum Gasteiger partial charge on any atom is -0.273 e. The largest absolute Gasteiger partial charge is 0.273 e. The zero-order chi connectivity index (χ0) is 15.2. The van der Waals surface area contributed by atoms with Crippen LogP contribution >= 0.6 is 0 Å². The normalized spacial score (nSPS) is 13.9. The lowest BCUT2D eigenvalue weighted by atomic mass is 9.79. The third-order valence-electron chi connectivity index (χ3n) is 4.53. The average molecular weight is 278 g/mol. The van der Waals surface area contributed by atoms with E-state index >= 15 is 0 Å². The summed E-state index contributed by atoms with van der Waals surface area (Å²) < 4.78 is 2.00. The predicted octanol–water partition coefficient (Wildman–Crippen LogP) is 5.23. The van der Waals surface area contributed by atoms with Crippen LogP contribution in [0, 0.1) is 17.3 Å². The van der Waals surface area contributed by atoms with Gasteiger partial charge in [-0.2, -0.15) is 5.10 Å². The number of hydrogen-bond acceptors (Lipinski definition) is 1. The summed E-state index contributed by atoms with van der Waals surface area (Å²) in [7, 11) is 2.04. The van der Waals surface area contributed by atoms with E-state index in [0.29, 0.717) is 5.41 Å². The Balaban J connectivity index is 2.25. The lowest BCUT2D eigenvalue weighted by Crippen LogP contribution is -2.14. The third-order valence-corrected chi connectivity index (χ3v) is 4.53. The van der Waals surface area contributed by atoms with Crippen molar-refractivity contribution in [1.82, 2.24) is 9.78 Å². The minimum absolute atomic E-state index is 0.505. The molecule has 0 spiro atoms. The van der Waals surface area contributed by atoms with Gasteiger partial charge in [0.05, 0.1) is 0 Å². The Morgan fingerprint density at radius 3 is 2.30 bits per heavy atom. The highest BCUT2D eigenvalue weighted by atomic mass is 15.2. The van der Waals surface area contributed by atoms with E-state index in [9.17, 15) is 0 Å². The summed E-state index contributed by atoms with van der Waals surface area (Å²) in [5, 5.41) is 4.24. The van der Waals surface area contributed by atoms with Gasteiger partial charge in [0.25, 0.3) is 0 Å². The van der Waals surface area contributed by atoms with Crippen molar-refractivity contribution in [2.75, 3.05) is 0 Å². The summed E-state index contributed by atoms with van der Waals surface area (Å²) in [5.41, 5.74) is 1.86. The van der Waals surface area contributed by atoms with E-state index in [1.165, 1.54) is 37.8 Å². The zero-order valence-electron chi connectivity index (χ0n) is 14.4. The smallest absolute Gasteiger partial charge is 0.0492 e. The van der Waals surface area contributed by atoms with E-state index < -0.39 is 0 Å². The van der Waals surface area contributed by atoms with Gasteiger partial charge in [0.1, 0.15) is 0 Å². The van der Waals surface area contributed by atoms with Gasteiger partial charge in [-0.3, -0.25) is 4.68 Å². The van der Waals surface area contributed by atoms with Gasteiger partial charge < -0.3 is 0 Å². The highest BCUT2D eigenvalue weighted by Crippen LogP contribution is 2.32. The van der Waals surface area contributed by atoms with Crippen LogP contribution in [0.1, 0.15) is 72.4 Å². The summed E-state index contributed by atoms with van der Waals surface area (Å²) in [5.74, 6) is 1.64. The molecule has 1 rings (SSSR count). The summed E-state index contributed by atoms with van der Waals surface area (Å²) in [6.45, 7) is 11.9. The monoisotopic (exact) mass is 278 g/mol. The van der Waals surface area contributed by atoms with Crippen molar-refractivity contribution in [3.05, 3.63) is 18.0 Å². The van der Waals surface area contributed by atoms with Crippen LogP contribution in [0.5, 0.6) is 0 Å².